The van der Waals surface area contributed by atoms with Crippen molar-refractivity contribution in [2.75, 3.05) is 26.3 Å². The van der Waals surface area contributed by atoms with Gasteiger partial charge in [0, 0.05) is 25.2 Å². The number of fused-ring (bicyclic) bond motifs is 1. The van der Waals surface area contributed by atoms with Crippen LogP contribution in [0.15, 0.2) is 42.1 Å². The second-order valence-corrected chi connectivity index (χ2v) is 6.41. The topological polar surface area (TPSA) is 50.5 Å². The number of aryl methyl sites for hydroxylation is 1. The normalized spacial score (nSPS) is 21.5. The van der Waals surface area contributed by atoms with Crippen LogP contribution in [0, 0.1) is 0 Å². The number of Topliss-reactive ketones (excluding diaryl/α,β-unsaturated/α-hetero) is 2. The zero-order chi connectivity index (χ0) is 17.4. The summed E-state index contributed by atoms with van der Waals surface area (Å²) in [6, 6.07) is 9.43. The predicted molar refractivity (Wildman–Crippen MR) is 94.0 cm³/mol. The van der Waals surface area contributed by atoms with Gasteiger partial charge in [0.25, 0.3) is 0 Å². The Balaban J connectivity index is 1.67. The average Bonchev–Trinajstić information content (AvgIpc) is 2.67. The largest absolute Gasteiger partial charge is 0.379 e. The molecule has 5 heteroatoms. The Kier molecular flexibility index (Phi) is 4.19. The first-order chi connectivity index (χ1) is 12.2. The van der Waals surface area contributed by atoms with Gasteiger partial charge in [0.05, 0.1) is 24.2 Å². The van der Waals surface area contributed by atoms with Crippen molar-refractivity contribution in [3.63, 3.8) is 0 Å². The second-order valence-electron chi connectivity index (χ2n) is 6.41. The number of benzene rings is 1. The number of pyridine rings is 1. The molecule has 1 aliphatic carbocycles. The van der Waals surface area contributed by atoms with Crippen molar-refractivity contribution < 1.29 is 18.9 Å². The monoisotopic (exact) mass is 337 g/mol. The highest BCUT2D eigenvalue weighted by molar-refractivity contribution is 6.43. The highest BCUT2D eigenvalue weighted by Gasteiger charge is 2.47. The van der Waals surface area contributed by atoms with Crippen molar-refractivity contribution in [3.05, 3.63) is 47.7 Å². The molecule has 1 aliphatic heterocycles. The molecule has 1 aromatic heterocycles. The lowest BCUT2D eigenvalue weighted by molar-refractivity contribution is -0.667. The summed E-state index contributed by atoms with van der Waals surface area (Å²) < 4.78 is 7.45. The van der Waals surface area contributed by atoms with Gasteiger partial charge < -0.3 is 4.74 Å². The number of para-hydroxylation sites is 1. The third kappa shape index (κ3) is 2.69. The quantitative estimate of drug-likeness (QED) is 0.368. The molecule has 2 heterocycles. The minimum atomic E-state index is -0.606. The number of carbonyl (C=O) groups is 2. The molecule has 0 bridgehead atoms. The first-order valence-electron chi connectivity index (χ1n) is 8.74. The summed E-state index contributed by atoms with van der Waals surface area (Å²) in [5, 5.41) is 1.05. The summed E-state index contributed by atoms with van der Waals surface area (Å²) in [6.45, 7) is 5.40. The molecule has 1 saturated carbocycles. The van der Waals surface area contributed by atoms with Crippen LogP contribution in [0.25, 0.3) is 17.0 Å². The van der Waals surface area contributed by atoms with Gasteiger partial charge in [-0.2, -0.15) is 4.57 Å². The summed E-state index contributed by atoms with van der Waals surface area (Å²) >= 11 is 0. The molecule has 0 amide bonds. The van der Waals surface area contributed by atoms with Gasteiger partial charge in [-0.05, 0) is 24.6 Å². The molecule has 128 valence electrons. The molecule has 0 N–H and O–H groups in total. The summed E-state index contributed by atoms with van der Waals surface area (Å²) in [7, 11) is 0. The lowest BCUT2D eigenvalue weighted by Gasteiger charge is -2.38. The molecule has 2 aliphatic rings. The van der Waals surface area contributed by atoms with Crippen LogP contribution in [-0.2, 0) is 20.9 Å². The summed E-state index contributed by atoms with van der Waals surface area (Å²) in [5.41, 5.74) is 2.33. The number of hydrogen-bond donors (Lipinski definition) is 0. The van der Waals surface area contributed by atoms with Gasteiger partial charge in [-0.25, -0.2) is 0 Å². The predicted octanol–water partition coefficient (Wildman–Crippen LogP) is 1.38. The van der Waals surface area contributed by atoms with Crippen molar-refractivity contribution in [1.82, 2.24) is 4.90 Å². The molecular weight excluding hydrogens is 316 g/mol. The Bertz CT molecular complexity index is 864. The lowest BCUT2D eigenvalue weighted by Crippen LogP contribution is -2.59. The Hall–Kier alpha value is -2.37. The van der Waals surface area contributed by atoms with Crippen LogP contribution in [0.3, 0.4) is 0 Å². The molecule has 0 spiro atoms. The number of aromatic nitrogens is 1. The first-order valence-corrected chi connectivity index (χ1v) is 8.74. The van der Waals surface area contributed by atoms with Crippen molar-refractivity contribution in [3.8, 4) is 0 Å². The van der Waals surface area contributed by atoms with Crippen LogP contribution < -0.4 is 4.57 Å². The molecule has 2 fully saturated rings. The fraction of sp³-hybridized carbons (Fsp3) is 0.350. The maximum absolute atomic E-state index is 12.6. The highest BCUT2D eigenvalue weighted by Crippen LogP contribution is 2.28. The van der Waals surface area contributed by atoms with Crippen LogP contribution in [0.1, 0.15) is 12.5 Å². The van der Waals surface area contributed by atoms with Gasteiger partial charge in [0.2, 0.25) is 5.52 Å². The third-order valence-electron chi connectivity index (χ3n) is 5.04. The number of hydrogen-bond acceptors (Lipinski definition) is 4. The molecule has 0 atom stereocenters. The number of ether oxygens (including phenoxy) is 1. The van der Waals surface area contributed by atoms with E-state index in [9.17, 15) is 9.59 Å². The molecule has 5 nitrogen and oxygen atoms in total. The van der Waals surface area contributed by atoms with Crippen molar-refractivity contribution in [1.29, 1.82) is 0 Å². The molecular formula is C20H21N2O3+. The fourth-order valence-corrected chi connectivity index (χ4v) is 3.63. The van der Waals surface area contributed by atoms with E-state index in [-0.39, 0.29) is 11.6 Å². The Morgan fingerprint density at radius 3 is 2.60 bits per heavy atom. The van der Waals surface area contributed by atoms with Crippen LogP contribution >= 0.6 is 0 Å². The zero-order valence-electron chi connectivity index (χ0n) is 14.3. The van der Waals surface area contributed by atoms with Crippen molar-refractivity contribution >= 4 is 28.5 Å². The average molecular weight is 337 g/mol. The van der Waals surface area contributed by atoms with Gasteiger partial charge >= 0.3 is 0 Å². The molecule has 25 heavy (non-hydrogen) atoms. The van der Waals surface area contributed by atoms with Crippen LogP contribution in [0.2, 0.25) is 0 Å². The minimum Gasteiger partial charge on any atom is -0.379 e. The molecule has 4 rings (SSSR count). The van der Waals surface area contributed by atoms with E-state index in [0.717, 1.165) is 23.0 Å². The second kappa shape index (κ2) is 6.50. The van der Waals surface area contributed by atoms with E-state index in [1.807, 2.05) is 35.4 Å². The minimum absolute atomic E-state index is 0.0665. The molecule has 0 unspecified atom stereocenters. The van der Waals surface area contributed by atoms with Gasteiger partial charge in [-0.3, -0.25) is 14.5 Å². The standard InChI is InChI=1S/C20H21N2O3/c1-2-21-8-7-14(15-5-3-4-6-17(15)21)13-16-19(23)18(20(16)24)22-9-11-25-12-10-22/h3-8,13,18H,2,9-12H2,1H3/q+1. The van der Waals surface area contributed by atoms with E-state index < -0.39 is 6.04 Å². The zero-order valence-corrected chi connectivity index (χ0v) is 14.3. The fourth-order valence-electron chi connectivity index (χ4n) is 3.63. The third-order valence-corrected chi connectivity index (χ3v) is 5.04. The number of ketones is 2. The molecule has 1 saturated heterocycles. The van der Waals surface area contributed by atoms with E-state index in [1.165, 1.54) is 0 Å². The van der Waals surface area contributed by atoms with Gasteiger partial charge in [0.1, 0.15) is 12.6 Å². The maximum atomic E-state index is 12.6. The number of carbonyl (C=O) groups excluding carboxylic acids is 2. The highest BCUT2D eigenvalue weighted by atomic mass is 16.5. The number of rotatable bonds is 3. The maximum Gasteiger partial charge on any atom is 0.213 e. The van der Waals surface area contributed by atoms with E-state index in [0.29, 0.717) is 31.9 Å². The molecule has 1 aromatic carbocycles. The molecule has 0 radical (unpaired) electrons. The van der Waals surface area contributed by atoms with Crippen LogP contribution in [0.5, 0.6) is 0 Å². The van der Waals surface area contributed by atoms with Gasteiger partial charge in [-0.15, -0.1) is 0 Å². The van der Waals surface area contributed by atoms with E-state index >= 15 is 0 Å². The summed E-state index contributed by atoms with van der Waals surface area (Å²) in [5.74, 6) is -0.133. The van der Waals surface area contributed by atoms with E-state index in [1.54, 1.807) is 6.08 Å². The Labute approximate surface area is 146 Å². The molecule has 2 aromatic rings. The number of morpholine rings is 1. The van der Waals surface area contributed by atoms with E-state index in [4.69, 9.17) is 4.74 Å². The van der Waals surface area contributed by atoms with Crippen LogP contribution in [-0.4, -0.2) is 48.8 Å². The Morgan fingerprint density at radius 2 is 1.88 bits per heavy atom. The van der Waals surface area contributed by atoms with Crippen molar-refractivity contribution in [2.24, 2.45) is 0 Å². The smallest absolute Gasteiger partial charge is 0.213 e. The van der Waals surface area contributed by atoms with Crippen LogP contribution in [0.4, 0.5) is 0 Å². The summed E-state index contributed by atoms with van der Waals surface area (Å²) in [4.78, 5) is 27.0. The number of nitrogens with zero attached hydrogens (tertiary/aromatic N) is 2. The van der Waals surface area contributed by atoms with E-state index in [2.05, 4.69) is 17.6 Å². The first kappa shape index (κ1) is 16.1. The summed E-state index contributed by atoms with van der Waals surface area (Å²) in [6.07, 6.45) is 3.76. The Morgan fingerprint density at radius 1 is 1.16 bits per heavy atom. The van der Waals surface area contributed by atoms with Gasteiger partial charge in [0.15, 0.2) is 17.8 Å². The van der Waals surface area contributed by atoms with Gasteiger partial charge in [-0.1, -0.05) is 12.1 Å². The lowest BCUT2D eigenvalue weighted by atomic mass is 9.80. The van der Waals surface area contributed by atoms with Crippen molar-refractivity contribution in [2.45, 2.75) is 19.5 Å². The SMILES string of the molecule is CC[n+]1ccc(C=C2C(=O)C(N3CCOCC3)C2=O)c2ccccc21.